The smallest absolute Gasteiger partial charge is 0.270 e. The van der Waals surface area contributed by atoms with Gasteiger partial charge in [-0.1, -0.05) is 43.9 Å². The van der Waals surface area contributed by atoms with Gasteiger partial charge in [0.15, 0.2) is 0 Å². The quantitative estimate of drug-likeness (QED) is 0.823. The first-order chi connectivity index (χ1) is 12.7. The lowest BCUT2D eigenvalue weighted by molar-refractivity contribution is 0.0928. The highest BCUT2D eigenvalue weighted by molar-refractivity contribution is 5.92. The normalized spacial score (nSPS) is 20.5. The lowest BCUT2D eigenvalue weighted by atomic mass is 10.1. The molecule has 0 saturated heterocycles. The number of nitrogens with one attached hydrogen (secondary N) is 1. The molecule has 4 rings (SSSR count). The molecule has 136 valence electrons. The standard InChI is InChI=1S/C22H27N3O/c1-16-14-17-8-6-7-11-21(17)25(16)19-12-13-20(23-15-19)22(26)24-18-9-4-2-3-5-10-18/h6-8,11-13,15-16,18H,2-5,9-10,14H2,1H3,(H,24,26). The maximum absolute atomic E-state index is 12.5. The number of para-hydroxylation sites is 1. The molecule has 0 spiro atoms. The zero-order valence-electron chi connectivity index (χ0n) is 15.4. The lowest BCUT2D eigenvalue weighted by Crippen LogP contribution is -2.35. The fourth-order valence-corrected chi connectivity index (χ4v) is 4.30. The van der Waals surface area contributed by atoms with E-state index in [9.17, 15) is 4.79 Å². The minimum Gasteiger partial charge on any atom is -0.348 e. The number of hydrogen-bond donors (Lipinski definition) is 1. The van der Waals surface area contributed by atoms with E-state index in [1.165, 1.54) is 36.9 Å². The molecule has 2 aliphatic rings. The Labute approximate surface area is 155 Å². The van der Waals surface area contributed by atoms with E-state index in [1.807, 2.05) is 18.3 Å². The molecular formula is C22H27N3O. The van der Waals surface area contributed by atoms with Crippen molar-refractivity contribution in [1.29, 1.82) is 0 Å². The molecule has 1 aliphatic heterocycles. The molecule has 0 bridgehead atoms. The van der Waals surface area contributed by atoms with Gasteiger partial charge in [-0.15, -0.1) is 0 Å². The van der Waals surface area contributed by atoms with Gasteiger partial charge >= 0.3 is 0 Å². The van der Waals surface area contributed by atoms with Gasteiger partial charge in [0.05, 0.1) is 11.9 Å². The highest BCUT2D eigenvalue weighted by Crippen LogP contribution is 2.37. The van der Waals surface area contributed by atoms with E-state index in [1.54, 1.807) is 0 Å². The Morgan fingerprint density at radius 3 is 2.58 bits per heavy atom. The van der Waals surface area contributed by atoms with Gasteiger partial charge < -0.3 is 10.2 Å². The van der Waals surface area contributed by atoms with Crippen LogP contribution in [0.5, 0.6) is 0 Å². The molecular weight excluding hydrogens is 322 g/mol. The Hall–Kier alpha value is -2.36. The van der Waals surface area contributed by atoms with Gasteiger partial charge in [-0.05, 0) is 49.9 Å². The average Bonchev–Trinajstić information content (AvgIpc) is 2.81. The van der Waals surface area contributed by atoms with Crippen LogP contribution in [0.15, 0.2) is 42.6 Å². The Balaban J connectivity index is 1.47. The number of carbonyl (C=O) groups excluding carboxylic acids is 1. The Kier molecular flexibility index (Phi) is 4.91. The lowest BCUT2D eigenvalue weighted by Gasteiger charge is -2.24. The summed E-state index contributed by atoms with van der Waals surface area (Å²) in [7, 11) is 0. The van der Waals surface area contributed by atoms with Crippen LogP contribution in [-0.4, -0.2) is 23.0 Å². The minimum atomic E-state index is -0.0432. The Morgan fingerprint density at radius 2 is 1.85 bits per heavy atom. The summed E-state index contributed by atoms with van der Waals surface area (Å²) in [4.78, 5) is 19.3. The second kappa shape index (κ2) is 7.48. The molecule has 4 nitrogen and oxygen atoms in total. The summed E-state index contributed by atoms with van der Waals surface area (Å²) in [6.07, 6.45) is 10.1. The topological polar surface area (TPSA) is 45.2 Å². The predicted octanol–water partition coefficient (Wildman–Crippen LogP) is 4.62. The van der Waals surface area contributed by atoms with Gasteiger partial charge in [-0.3, -0.25) is 4.79 Å². The molecule has 1 amide bonds. The molecule has 26 heavy (non-hydrogen) atoms. The average molecular weight is 349 g/mol. The second-order valence-corrected chi connectivity index (χ2v) is 7.62. The molecule has 1 saturated carbocycles. The summed E-state index contributed by atoms with van der Waals surface area (Å²) in [6, 6.07) is 13.1. The molecule has 1 aromatic heterocycles. The van der Waals surface area contributed by atoms with Gasteiger partial charge in [-0.25, -0.2) is 4.98 Å². The molecule has 2 heterocycles. The fourth-order valence-electron chi connectivity index (χ4n) is 4.30. The Bertz CT molecular complexity index is 763. The summed E-state index contributed by atoms with van der Waals surface area (Å²) in [5.41, 5.74) is 4.18. The van der Waals surface area contributed by atoms with Gasteiger partial charge in [0.25, 0.3) is 5.91 Å². The van der Waals surface area contributed by atoms with Crippen molar-refractivity contribution in [1.82, 2.24) is 10.3 Å². The maximum atomic E-state index is 12.5. The first kappa shape index (κ1) is 17.1. The van der Waals surface area contributed by atoms with Crippen molar-refractivity contribution >= 4 is 17.3 Å². The SMILES string of the molecule is CC1Cc2ccccc2N1c1ccc(C(=O)NC2CCCCCC2)nc1. The number of pyridine rings is 1. The number of hydrogen-bond acceptors (Lipinski definition) is 3. The number of nitrogens with zero attached hydrogens (tertiary/aromatic N) is 2. The summed E-state index contributed by atoms with van der Waals surface area (Å²) >= 11 is 0. The zero-order chi connectivity index (χ0) is 17.9. The molecule has 4 heteroatoms. The van der Waals surface area contributed by atoms with Gasteiger partial charge in [0.1, 0.15) is 5.69 Å². The first-order valence-electron chi connectivity index (χ1n) is 9.86. The fraction of sp³-hybridized carbons (Fsp3) is 0.455. The van der Waals surface area contributed by atoms with Crippen molar-refractivity contribution in [3.05, 3.63) is 53.9 Å². The third-order valence-electron chi connectivity index (χ3n) is 5.66. The van der Waals surface area contributed by atoms with Crippen molar-refractivity contribution in [3.8, 4) is 0 Å². The zero-order valence-corrected chi connectivity index (χ0v) is 15.4. The van der Waals surface area contributed by atoms with Crippen molar-refractivity contribution < 1.29 is 4.79 Å². The van der Waals surface area contributed by atoms with Crippen LogP contribution in [0.2, 0.25) is 0 Å². The number of fused-ring (bicyclic) bond motifs is 1. The van der Waals surface area contributed by atoms with Crippen molar-refractivity contribution in [2.24, 2.45) is 0 Å². The molecule has 1 aliphatic carbocycles. The summed E-state index contributed by atoms with van der Waals surface area (Å²) in [5, 5.41) is 3.17. The molecule has 1 atom stereocenters. The summed E-state index contributed by atoms with van der Waals surface area (Å²) in [5.74, 6) is -0.0432. The highest BCUT2D eigenvalue weighted by Gasteiger charge is 2.27. The largest absolute Gasteiger partial charge is 0.348 e. The van der Waals surface area contributed by atoms with Crippen LogP contribution in [0.25, 0.3) is 0 Å². The molecule has 1 fully saturated rings. The van der Waals surface area contributed by atoms with Gasteiger partial charge in [0, 0.05) is 17.8 Å². The van der Waals surface area contributed by atoms with Crippen LogP contribution >= 0.6 is 0 Å². The molecule has 1 unspecified atom stereocenters. The number of amides is 1. The number of aromatic nitrogens is 1. The molecule has 1 N–H and O–H groups in total. The number of carbonyl (C=O) groups is 1. The van der Waals surface area contributed by atoms with Crippen LogP contribution in [0, 0.1) is 0 Å². The first-order valence-corrected chi connectivity index (χ1v) is 9.86. The van der Waals surface area contributed by atoms with Crippen LogP contribution in [-0.2, 0) is 6.42 Å². The molecule has 1 aromatic carbocycles. The second-order valence-electron chi connectivity index (χ2n) is 7.62. The third kappa shape index (κ3) is 3.46. The van der Waals surface area contributed by atoms with E-state index in [2.05, 4.69) is 46.4 Å². The summed E-state index contributed by atoms with van der Waals surface area (Å²) in [6.45, 7) is 2.23. The highest BCUT2D eigenvalue weighted by atomic mass is 16.1. The Morgan fingerprint density at radius 1 is 1.08 bits per heavy atom. The van der Waals surface area contributed by atoms with Crippen LogP contribution in [0.4, 0.5) is 11.4 Å². The molecule has 0 radical (unpaired) electrons. The van der Waals surface area contributed by atoms with Crippen molar-refractivity contribution in [3.63, 3.8) is 0 Å². The van der Waals surface area contributed by atoms with E-state index in [0.717, 1.165) is 24.9 Å². The van der Waals surface area contributed by atoms with E-state index in [4.69, 9.17) is 0 Å². The van der Waals surface area contributed by atoms with Crippen molar-refractivity contribution in [2.75, 3.05) is 4.90 Å². The monoisotopic (exact) mass is 349 g/mol. The summed E-state index contributed by atoms with van der Waals surface area (Å²) < 4.78 is 0. The number of rotatable bonds is 3. The number of anilines is 2. The third-order valence-corrected chi connectivity index (χ3v) is 5.66. The van der Waals surface area contributed by atoms with Gasteiger partial charge in [0.2, 0.25) is 0 Å². The van der Waals surface area contributed by atoms with Crippen molar-refractivity contribution in [2.45, 2.75) is 64.0 Å². The van der Waals surface area contributed by atoms with Crippen LogP contribution in [0.1, 0.15) is 61.5 Å². The van der Waals surface area contributed by atoms with E-state index < -0.39 is 0 Å². The maximum Gasteiger partial charge on any atom is 0.270 e. The van der Waals surface area contributed by atoms with Gasteiger partial charge in [-0.2, -0.15) is 0 Å². The van der Waals surface area contributed by atoms with E-state index >= 15 is 0 Å². The van der Waals surface area contributed by atoms with Crippen LogP contribution < -0.4 is 10.2 Å². The molecule has 2 aromatic rings. The number of benzene rings is 1. The van der Waals surface area contributed by atoms with E-state index in [0.29, 0.717) is 17.8 Å². The van der Waals surface area contributed by atoms with E-state index in [-0.39, 0.29) is 5.91 Å². The predicted molar refractivity (Wildman–Crippen MR) is 105 cm³/mol. The van der Waals surface area contributed by atoms with Crippen LogP contribution in [0.3, 0.4) is 0 Å². The minimum absolute atomic E-state index is 0.0432.